The Kier molecular flexibility index (Phi) is 5.29. The van der Waals surface area contributed by atoms with Crippen molar-refractivity contribution >= 4 is 0 Å². The van der Waals surface area contributed by atoms with Gasteiger partial charge in [-0.05, 0) is 6.42 Å². The van der Waals surface area contributed by atoms with Gasteiger partial charge in [-0.3, -0.25) is 0 Å². The molecule has 0 saturated carbocycles. The van der Waals surface area contributed by atoms with Gasteiger partial charge in [0, 0.05) is 0 Å². The minimum Gasteiger partial charge on any atom is -0.384 e. The van der Waals surface area contributed by atoms with E-state index in [9.17, 15) is 13.2 Å². The van der Waals surface area contributed by atoms with Crippen molar-refractivity contribution in [3.05, 3.63) is 0 Å². The fraction of sp³-hybridized carbons (Fsp3) is 1.00. The van der Waals surface area contributed by atoms with Crippen LogP contribution in [-0.4, -0.2) is 17.4 Å². The number of aliphatic hydroxyl groups is 1. The summed E-state index contributed by atoms with van der Waals surface area (Å²) in [5.74, 6) is 0. The normalized spacial score (nSPS) is 14.8. The quantitative estimate of drug-likeness (QED) is 0.651. The Bertz CT molecular complexity index is 111. The molecule has 0 spiro atoms. The molecule has 1 nitrogen and oxygen atoms in total. The van der Waals surface area contributed by atoms with E-state index < -0.39 is 12.3 Å². The van der Waals surface area contributed by atoms with Crippen molar-refractivity contribution in [1.82, 2.24) is 0 Å². The van der Waals surface area contributed by atoms with E-state index in [1.807, 2.05) is 6.92 Å². The van der Waals surface area contributed by atoms with E-state index in [2.05, 4.69) is 0 Å². The second-order valence-electron chi connectivity index (χ2n) is 2.91. The lowest BCUT2D eigenvalue weighted by Crippen LogP contribution is -2.28. The van der Waals surface area contributed by atoms with Crippen molar-refractivity contribution in [2.75, 3.05) is 0 Å². The lowest BCUT2D eigenvalue weighted by Gasteiger charge is -2.13. The van der Waals surface area contributed by atoms with Gasteiger partial charge in [-0.2, -0.15) is 13.2 Å². The average Bonchev–Trinajstić information content (AvgIpc) is 1.96. The van der Waals surface area contributed by atoms with E-state index >= 15 is 0 Å². The molecule has 74 valence electrons. The Morgan fingerprint density at radius 3 is 2.17 bits per heavy atom. The maximum atomic E-state index is 11.7. The van der Waals surface area contributed by atoms with Gasteiger partial charge < -0.3 is 5.11 Å². The van der Waals surface area contributed by atoms with Crippen LogP contribution in [0.25, 0.3) is 0 Å². The fourth-order valence-electron chi connectivity index (χ4n) is 0.928. The first kappa shape index (κ1) is 11.8. The SMILES string of the molecule is CCCCCC[C@@H](O)C(F)(F)F. The predicted molar refractivity (Wildman–Crippen MR) is 40.8 cm³/mol. The highest BCUT2D eigenvalue weighted by Gasteiger charge is 2.37. The number of aliphatic hydroxyl groups excluding tert-OH is 1. The first-order chi connectivity index (χ1) is 5.48. The molecule has 0 fully saturated rings. The molecule has 4 heteroatoms. The lowest BCUT2D eigenvalue weighted by molar-refractivity contribution is -0.205. The molecular weight excluding hydrogens is 169 g/mol. The average molecular weight is 184 g/mol. The van der Waals surface area contributed by atoms with Gasteiger partial charge in [-0.25, -0.2) is 0 Å². The van der Waals surface area contributed by atoms with E-state index in [0.717, 1.165) is 19.3 Å². The van der Waals surface area contributed by atoms with Crippen LogP contribution in [-0.2, 0) is 0 Å². The molecule has 1 atom stereocenters. The molecule has 0 unspecified atom stereocenters. The zero-order valence-corrected chi connectivity index (χ0v) is 7.19. The van der Waals surface area contributed by atoms with Crippen molar-refractivity contribution in [2.24, 2.45) is 0 Å². The molecule has 0 radical (unpaired) electrons. The van der Waals surface area contributed by atoms with Gasteiger partial charge in [-0.15, -0.1) is 0 Å². The highest BCUT2D eigenvalue weighted by atomic mass is 19.4. The molecule has 0 bridgehead atoms. The first-order valence-electron chi connectivity index (χ1n) is 4.23. The number of hydrogen-bond acceptors (Lipinski definition) is 1. The fourth-order valence-corrected chi connectivity index (χ4v) is 0.928. The zero-order valence-electron chi connectivity index (χ0n) is 7.19. The topological polar surface area (TPSA) is 20.2 Å². The molecule has 0 heterocycles. The smallest absolute Gasteiger partial charge is 0.384 e. The third-order valence-electron chi connectivity index (χ3n) is 1.71. The molecule has 0 aliphatic heterocycles. The maximum Gasteiger partial charge on any atom is 0.414 e. The molecule has 0 aromatic rings. The summed E-state index contributed by atoms with van der Waals surface area (Å²) < 4.78 is 35.1. The second-order valence-corrected chi connectivity index (χ2v) is 2.91. The predicted octanol–water partition coefficient (Wildman–Crippen LogP) is 2.88. The van der Waals surface area contributed by atoms with Crippen LogP contribution < -0.4 is 0 Å². The van der Waals surface area contributed by atoms with Gasteiger partial charge in [-0.1, -0.05) is 32.6 Å². The standard InChI is InChI=1S/C8H15F3O/c1-2-3-4-5-6-7(12)8(9,10)11/h7,12H,2-6H2,1H3/t7-/m1/s1. The van der Waals surface area contributed by atoms with E-state index in [1.54, 1.807) is 0 Å². The van der Waals surface area contributed by atoms with Crippen LogP contribution in [0.2, 0.25) is 0 Å². The summed E-state index contributed by atoms with van der Waals surface area (Å²) in [6, 6.07) is 0. The largest absolute Gasteiger partial charge is 0.414 e. The Balaban J connectivity index is 3.38. The van der Waals surface area contributed by atoms with E-state index in [0.29, 0.717) is 6.42 Å². The molecule has 0 aliphatic carbocycles. The van der Waals surface area contributed by atoms with Crippen LogP contribution >= 0.6 is 0 Å². The van der Waals surface area contributed by atoms with Crippen LogP contribution in [0.3, 0.4) is 0 Å². The molecule has 0 aromatic carbocycles. The third-order valence-corrected chi connectivity index (χ3v) is 1.71. The van der Waals surface area contributed by atoms with Crippen molar-refractivity contribution < 1.29 is 18.3 Å². The minimum atomic E-state index is -4.44. The number of alkyl halides is 3. The van der Waals surface area contributed by atoms with Crippen LogP contribution in [0, 0.1) is 0 Å². The van der Waals surface area contributed by atoms with Gasteiger partial charge in [0.25, 0.3) is 0 Å². The number of unbranched alkanes of at least 4 members (excludes halogenated alkanes) is 3. The molecule has 1 N–H and O–H groups in total. The zero-order chi connectivity index (χ0) is 9.61. The van der Waals surface area contributed by atoms with Crippen molar-refractivity contribution in [3.8, 4) is 0 Å². The van der Waals surface area contributed by atoms with Crippen LogP contribution in [0.5, 0.6) is 0 Å². The summed E-state index contributed by atoms with van der Waals surface area (Å²) in [7, 11) is 0. The van der Waals surface area contributed by atoms with Gasteiger partial charge >= 0.3 is 6.18 Å². The monoisotopic (exact) mass is 184 g/mol. The summed E-state index contributed by atoms with van der Waals surface area (Å²) in [5.41, 5.74) is 0. The molecule has 0 rings (SSSR count). The van der Waals surface area contributed by atoms with Gasteiger partial charge in [0.2, 0.25) is 0 Å². The summed E-state index contributed by atoms with van der Waals surface area (Å²) in [6.45, 7) is 1.99. The Hall–Kier alpha value is -0.250. The molecule has 0 aromatic heterocycles. The van der Waals surface area contributed by atoms with Crippen molar-refractivity contribution in [2.45, 2.75) is 51.3 Å². The second kappa shape index (κ2) is 5.41. The van der Waals surface area contributed by atoms with E-state index in [4.69, 9.17) is 5.11 Å². The molecule has 0 amide bonds. The number of rotatable bonds is 5. The van der Waals surface area contributed by atoms with Crippen LogP contribution in [0.4, 0.5) is 13.2 Å². The van der Waals surface area contributed by atoms with Crippen LogP contribution in [0.15, 0.2) is 0 Å². The molecule has 12 heavy (non-hydrogen) atoms. The first-order valence-corrected chi connectivity index (χ1v) is 4.23. The van der Waals surface area contributed by atoms with E-state index in [-0.39, 0.29) is 6.42 Å². The molecule has 0 aliphatic rings. The number of hydrogen-bond donors (Lipinski definition) is 1. The van der Waals surface area contributed by atoms with Gasteiger partial charge in [0.15, 0.2) is 0 Å². The Labute approximate surface area is 70.6 Å². The Morgan fingerprint density at radius 1 is 1.17 bits per heavy atom. The number of halogens is 3. The highest BCUT2D eigenvalue weighted by molar-refractivity contribution is 4.64. The summed E-state index contributed by atoms with van der Waals surface area (Å²) >= 11 is 0. The van der Waals surface area contributed by atoms with Gasteiger partial charge in [0.1, 0.15) is 6.10 Å². The Morgan fingerprint density at radius 2 is 1.75 bits per heavy atom. The van der Waals surface area contributed by atoms with Crippen molar-refractivity contribution in [1.29, 1.82) is 0 Å². The van der Waals surface area contributed by atoms with Crippen LogP contribution in [0.1, 0.15) is 39.0 Å². The van der Waals surface area contributed by atoms with Crippen molar-refractivity contribution in [3.63, 3.8) is 0 Å². The maximum absolute atomic E-state index is 11.7. The molecular formula is C8H15F3O. The summed E-state index contributed by atoms with van der Waals surface area (Å²) in [6.07, 6.45) is -3.59. The summed E-state index contributed by atoms with van der Waals surface area (Å²) in [4.78, 5) is 0. The van der Waals surface area contributed by atoms with Gasteiger partial charge in [0.05, 0.1) is 0 Å². The minimum absolute atomic E-state index is 0.163. The summed E-state index contributed by atoms with van der Waals surface area (Å²) in [5, 5.41) is 8.56. The highest BCUT2D eigenvalue weighted by Crippen LogP contribution is 2.23. The molecule has 0 saturated heterocycles. The third kappa shape index (κ3) is 5.41. The van der Waals surface area contributed by atoms with E-state index in [1.165, 1.54) is 0 Å². The lowest BCUT2D eigenvalue weighted by atomic mass is 10.1.